The van der Waals surface area contributed by atoms with Gasteiger partial charge in [-0.2, -0.15) is 0 Å². The van der Waals surface area contributed by atoms with Crippen LogP contribution in [0.5, 0.6) is 11.5 Å². The molecule has 156 valence electrons. The Morgan fingerprint density at radius 1 is 1.30 bits per heavy atom. The first kappa shape index (κ1) is 21.9. The van der Waals surface area contributed by atoms with Crippen molar-refractivity contribution in [2.24, 2.45) is 4.99 Å². The van der Waals surface area contributed by atoms with Crippen LogP contribution in [0, 0.1) is 0 Å². The summed E-state index contributed by atoms with van der Waals surface area (Å²) < 4.78 is 11.4. The number of hydrogen-bond acceptors (Lipinski definition) is 8. The first-order valence-corrected chi connectivity index (χ1v) is 10.2. The molecular formula is C20H16BrN2O6S-. The van der Waals surface area contributed by atoms with Crippen LogP contribution in [0.1, 0.15) is 15.9 Å². The first-order valence-electron chi connectivity index (χ1n) is 8.63. The van der Waals surface area contributed by atoms with Gasteiger partial charge in [0, 0.05) is 4.47 Å². The molecule has 0 bridgehead atoms. The van der Waals surface area contributed by atoms with E-state index in [1.54, 1.807) is 18.2 Å². The molecule has 0 saturated carbocycles. The van der Waals surface area contributed by atoms with E-state index in [4.69, 9.17) is 14.6 Å². The van der Waals surface area contributed by atoms with Crippen LogP contribution in [-0.4, -0.2) is 42.5 Å². The van der Waals surface area contributed by atoms with Gasteiger partial charge >= 0.3 is 0 Å². The monoisotopic (exact) mass is 491 g/mol. The Hall–Kier alpha value is -2.82. The van der Waals surface area contributed by atoms with Gasteiger partial charge in [-0.15, -0.1) is 0 Å². The number of amides is 1. The predicted octanol–water partition coefficient (Wildman–Crippen LogP) is 2.08. The molecular weight excluding hydrogens is 476 g/mol. The van der Waals surface area contributed by atoms with Gasteiger partial charge in [0.1, 0.15) is 6.61 Å². The normalized spacial score (nSPS) is 16.0. The zero-order chi connectivity index (χ0) is 21.7. The number of carbonyl (C=O) groups is 2. The Morgan fingerprint density at radius 2 is 2.03 bits per heavy atom. The molecule has 1 aliphatic rings. The topological polar surface area (TPSA) is 120 Å². The number of nitrogens with one attached hydrogen (secondary N) is 1. The van der Waals surface area contributed by atoms with Gasteiger partial charge < -0.3 is 29.8 Å². The smallest absolute Gasteiger partial charge is 0.264 e. The van der Waals surface area contributed by atoms with Gasteiger partial charge in [-0.3, -0.25) is 4.79 Å². The lowest BCUT2D eigenvalue weighted by atomic mass is 10.2. The minimum Gasteiger partial charge on any atom is -0.545 e. The van der Waals surface area contributed by atoms with Crippen molar-refractivity contribution in [2.75, 3.05) is 20.3 Å². The zero-order valence-corrected chi connectivity index (χ0v) is 18.1. The number of aliphatic hydroxyl groups is 1. The number of hydrogen-bond donors (Lipinski definition) is 2. The molecule has 1 amide bonds. The second-order valence-corrected chi connectivity index (χ2v) is 7.80. The van der Waals surface area contributed by atoms with Crippen molar-refractivity contribution in [3.05, 3.63) is 56.9 Å². The summed E-state index contributed by atoms with van der Waals surface area (Å²) >= 11 is 4.61. The number of aliphatic imine (C=N–C) groups is 1. The molecule has 1 fully saturated rings. The molecule has 2 aromatic carbocycles. The molecule has 3 rings (SSSR count). The van der Waals surface area contributed by atoms with Gasteiger partial charge in [-0.25, -0.2) is 4.99 Å². The molecule has 2 N–H and O–H groups in total. The van der Waals surface area contributed by atoms with Gasteiger partial charge in [0.2, 0.25) is 0 Å². The highest BCUT2D eigenvalue weighted by Crippen LogP contribution is 2.36. The number of amidine groups is 1. The molecule has 0 unspecified atom stereocenters. The third kappa shape index (κ3) is 5.21. The Morgan fingerprint density at radius 3 is 2.67 bits per heavy atom. The molecule has 2 aromatic rings. The molecule has 0 aromatic heterocycles. The van der Waals surface area contributed by atoms with Gasteiger partial charge in [0.15, 0.2) is 16.7 Å². The Labute approximate surface area is 184 Å². The van der Waals surface area contributed by atoms with E-state index in [2.05, 4.69) is 26.2 Å². The number of thioether (sulfide) groups is 1. The van der Waals surface area contributed by atoms with Crippen LogP contribution in [0.15, 0.2) is 50.8 Å². The van der Waals surface area contributed by atoms with Crippen molar-refractivity contribution < 1.29 is 29.3 Å². The molecule has 0 radical (unpaired) electrons. The van der Waals surface area contributed by atoms with E-state index >= 15 is 0 Å². The quantitative estimate of drug-likeness (QED) is 0.568. The first-order chi connectivity index (χ1) is 14.4. The number of aliphatic hydroxyl groups excluding tert-OH is 1. The second kappa shape index (κ2) is 9.79. The van der Waals surface area contributed by atoms with Crippen LogP contribution < -0.4 is 19.9 Å². The third-order valence-corrected chi connectivity index (χ3v) is 5.50. The van der Waals surface area contributed by atoms with E-state index in [1.807, 2.05) is 0 Å². The van der Waals surface area contributed by atoms with Crippen molar-refractivity contribution in [1.29, 1.82) is 0 Å². The van der Waals surface area contributed by atoms with Crippen LogP contribution in [-0.2, 0) is 4.79 Å². The molecule has 0 spiro atoms. The summed E-state index contributed by atoms with van der Waals surface area (Å²) in [7, 11) is 1.50. The van der Waals surface area contributed by atoms with Crippen molar-refractivity contribution in [3.63, 3.8) is 0 Å². The highest BCUT2D eigenvalue weighted by molar-refractivity contribution is 9.10. The van der Waals surface area contributed by atoms with Gasteiger partial charge in [-0.1, -0.05) is 28.1 Å². The van der Waals surface area contributed by atoms with Crippen LogP contribution in [0.4, 0.5) is 5.69 Å². The molecule has 0 aliphatic carbocycles. The Kier molecular flexibility index (Phi) is 7.14. The number of carbonyl (C=O) groups excluding carboxylic acids is 2. The van der Waals surface area contributed by atoms with Crippen LogP contribution in [0.25, 0.3) is 6.08 Å². The zero-order valence-electron chi connectivity index (χ0n) is 15.7. The summed E-state index contributed by atoms with van der Waals surface area (Å²) in [5.74, 6) is -0.650. The predicted molar refractivity (Wildman–Crippen MR) is 115 cm³/mol. The fourth-order valence-electron chi connectivity index (χ4n) is 2.50. The lowest BCUT2D eigenvalue weighted by Crippen LogP contribution is -2.21. The molecule has 10 heteroatoms. The number of halogens is 1. The maximum Gasteiger partial charge on any atom is 0.264 e. The lowest BCUT2D eigenvalue weighted by Gasteiger charge is -2.12. The number of carboxylic acids is 1. The number of nitrogens with zero attached hydrogens (tertiary/aromatic N) is 1. The summed E-state index contributed by atoms with van der Waals surface area (Å²) in [6.07, 6.45) is 1.68. The summed E-state index contributed by atoms with van der Waals surface area (Å²) in [5.41, 5.74) is 1.24. The number of aromatic carboxylic acids is 1. The fourth-order valence-corrected chi connectivity index (χ4v) is 3.77. The highest BCUT2D eigenvalue weighted by atomic mass is 79.9. The highest BCUT2D eigenvalue weighted by Gasteiger charge is 2.24. The Bertz CT molecular complexity index is 1040. The molecule has 1 saturated heterocycles. The molecule has 1 heterocycles. The van der Waals surface area contributed by atoms with E-state index in [0.717, 1.165) is 11.8 Å². The molecule has 8 nitrogen and oxygen atoms in total. The SMILES string of the molecule is COc1cc(/C=C2\SC(=Nc3ccc(C(=O)[O-])cc3)NC2=O)c(Br)cc1OCCO. The lowest BCUT2D eigenvalue weighted by molar-refractivity contribution is -0.255. The maximum absolute atomic E-state index is 12.3. The average Bonchev–Trinajstić information content (AvgIpc) is 3.07. The van der Waals surface area contributed by atoms with Gasteiger partial charge in [-0.05, 0) is 53.2 Å². The van der Waals surface area contributed by atoms with E-state index in [-0.39, 0.29) is 24.7 Å². The Balaban J connectivity index is 1.83. The van der Waals surface area contributed by atoms with Gasteiger partial charge in [0.05, 0.1) is 30.3 Å². The summed E-state index contributed by atoms with van der Waals surface area (Å²) in [6, 6.07) is 9.24. The van der Waals surface area contributed by atoms with Crippen molar-refractivity contribution in [1.82, 2.24) is 5.32 Å². The minimum atomic E-state index is -1.27. The number of carboxylic acid groups (broad SMARTS) is 1. The van der Waals surface area contributed by atoms with Crippen LogP contribution in [0.2, 0.25) is 0 Å². The van der Waals surface area contributed by atoms with Gasteiger partial charge in [0.25, 0.3) is 5.91 Å². The molecule has 30 heavy (non-hydrogen) atoms. The number of methoxy groups -OCH3 is 1. The molecule has 0 atom stereocenters. The summed E-state index contributed by atoms with van der Waals surface area (Å²) in [5, 5.41) is 22.8. The third-order valence-electron chi connectivity index (χ3n) is 3.90. The number of benzene rings is 2. The minimum absolute atomic E-state index is 0.0489. The standard InChI is InChI=1S/C20H17BrN2O6S/c1-28-15-8-12(14(21)10-16(15)29-7-6-24)9-17-18(25)23-20(30-17)22-13-4-2-11(3-5-13)19(26)27/h2-5,8-10,24H,6-7H2,1H3,(H,26,27)(H,22,23,25)/p-1/b17-9-. The van der Waals surface area contributed by atoms with E-state index in [1.165, 1.54) is 31.4 Å². The summed E-state index contributed by atoms with van der Waals surface area (Å²) in [6.45, 7) is 0.00664. The number of rotatable bonds is 7. The van der Waals surface area contributed by atoms with E-state index < -0.39 is 5.97 Å². The van der Waals surface area contributed by atoms with Crippen molar-refractivity contribution in [2.45, 2.75) is 0 Å². The average molecular weight is 492 g/mol. The molecule has 1 aliphatic heterocycles. The van der Waals surface area contributed by atoms with Crippen molar-refractivity contribution >= 4 is 56.5 Å². The fraction of sp³-hybridized carbons (Fsp3) is 0.150. The van der Waals surface area contributed by atoms with Crippen molar-refractivity contribution in [3.8, 4) is 11.5 Å². The second-order valence-electron chi connectivity index (χ2n) is 5.91. The van der Waals surface area contributed by atoms with E-state index in [9.17, 15) is 14.7 Å². The summed E-state index contributed by atoms with van der Waals surface area (Å²) in [4.78, 5) is 27.9. The maximum atomic E-state index is 12.3. The number of ether oxygens (including phenoxy) is 2. The largest absolute Gasteiger partial charge is 0.545 e. The van der Waals surface area contributed by atoms with Crippen LogP contribution in [0.3, 0.4) is 0 Å². The van der Waals surface area contributed by atoms with E-state index in [0.29, 0.717) is 37.3 Å². The van der Waals surface area contributed by atoms with Crippen LogP contribution >= 0.6 is 27.7 Å².